The molecule has 2 N–H and O–H groups in total. The molecular weight excluding hydrogens is 297 g/mol. The Morgan fingerprint density at radius 1 is 1.25 bits per heavy atom. The van der Waals surface area contributed by atoms with Crippen LogP contribution >= 0.6 is 23.2 Å². The van der Waals surface area contributed by atoms with E-state index in [1.54, 1.807) is 36.4 Å². The minimum Gasteiger partial charge on any atom is -0.457 e. The molecule has 2 rings (SSSR count). The average molecular weight is 310 g/mol. The third-order valence-electron chi connectivity index (χ3n) is 2.90. The van der Waals surface area contributed by atoms with E-state index in [0.717, 1.165) is 5.56 Å². The molecule has 0 fully saturated rings. The van der Waals surface area contributed by atoms with Crippen LogP contribution in [0.5, 0.6) is 0 Å². The van der Waals surface area contributed by atoms with Gasteiger partial charge in [-0.1, -0.05) is 35.3 Å². The van der Waals surface area contributed by atoms with E-state index in [9.17, 15) is 4.79 Å². The number of hydrogen-bond donors (Lipinski definition) is 1. The molecule has 0 aliphatic rings. The maximum absolute atomic E-state index is 11.9. The second kappa shape index (κ2) is 6.16. The van der Waals surface area contributed by atoms with Gasteiger partial charge in [0.25, 0.3) is 0 Å². The van der Waals surface area contributed by atoms with Crippen LogP contribution in [-0.4, -0.2) is 5.97 Å². The van der Waals surface area contributed by atoms with Crippen molar-refractivity contribution in [3.05, 3.63) is 63.1 Å². The summed E-state index contributed by atoms with van der Waals surface area (Å²) in [4.78, 5) is 11.9. The Morgan fingerprint density at radius 3 is 2.70 bits per heavy atom. The Morgan fingerprint density at radius 2 is 2.00 bits per heavy atom. The standard InChI is InChI=1S/C15H13Cl2NO2/c1-9-7-10(5-6-13(9)18)15(19)20-8-11-3-2-4-12(16)14(11)17/h2-7H,8,18H2,1H3. The van der Waals surface area contributed by atoms with Gasteiger partial charge in [0.2, 0.25) is 0 Å². The fraction of sp³-hybridized carbons (Fsp3) is 0.133. The highest BCUT2D eigenvalue weighted by molar-refractivity contribution is 6.42. The van der Waals surface area contributed by atoms with Gasteiger partial charge in [0, 0.05) is 11.3 Å². The molecule has 0 unspecified atom stereocenters. The summed E-state index contributed by atoms with van der Waals surface area (Å²) in [6, 6.07) is 10.2. The highest BCUT2D eigenvalue weighted by Crippen LogP contribution is 2.26. The summed E-state index contributed by atoms with van der Waals surface area (Å²) in [5, 5.41) is 0.832. The quantitative estimate of drug-likeness (QED) is 0.681. The number of anilines is 1. The maximum atomic E-state index is 11.9. The number of esters is 1. The van der Waals surface area contributed by atoms with Gasteiger partial charge in [-0.05, 0) is 36.8 Å². The third-order valence-corrected chi connectivity index (χ3v) is 3.75. The summed E-state index contributed by atoms with van der Waals surface area (Å²) >= 11 is 11.9. The maximum Gasteiger partial charge on any atom is 0.338 e. The monoisotopic (exact) mass is 309 g/mol. The van der Waals surface area contributed by atoms with E-state index in [4.69, 9.17) is 33.7 Å². The normalized spacial score (nSPS) is 10.3. The summed E-state index contributed by atoms with van der Waals surface area (Å²) in [7, 11) is 0. The zero-order valence-corrected chi connectivity index (χ0v) is 12.3. The molecule has 0 radical (unpaired) electrons. The zero-order chi connectivity index (χ0) is 14.7. The lowest BCUT2D eigenvalue weighted by molar-refractivity contribution is 0.0473. The minimum absolute atomic E-state index is 0.0711. The van der Waals surface area contributed by atoms with Crippen LogP contribution < -0.4 is 5.73 Å². The number of ether oxygens (including phenoxy) is 1. The van der Waals surface area contributed by atoms with Gasteiger partial charge in [-0.3, -0.25) is 0 Å². The Kier molecular flexibility index (Phi) is 4.53. The Bertz CT molecular complexity index is 656. The van der Waals surface area contributed by atoms with Crippen LogP contribution in [0.3, 0.4) is 0 Å². The van der Waals surface area contributed by atoms with Crippen LogP contribution in [0, 0.1) is 6.92 Å². The summed E-state index contributed by atoms with van der Waals surface area (Å²) < 4.78 is 5.22. The molecule has 0 heterocycles. The van der Waals surface area contributed by atoms with E-state index in [-0.39, 0.29) is 6.61 Å². The van der Waals surface area contributed by atoms with Crippen molar-refractivity contribution in [1.82, 2.24) is 0 Å². The molecular formula is C15H13Cl2NO2. The largest absolute Gasteiger partial charge is 0.457 e. The first-order chi connectivity index (χ1) is 9.49. The van der Waals surface area contributed by atoms with E-state index in [0.29, 0.717) is 26.9 Å². The van der Waals surface area contributed by atoms with Gasteiger partial charge in [-0.25, -0.2) is 4.79 Å². The molecule has 2 aromatic carbocycles. The number of carbonyl (C=O) groups is 1. The number of hydrogen-bond acceptors (Lipinski definition) is 3. The van der Waals surface area contributed by atoms with Gasteiger partial charge >= 0.3 is 5.97 Å². The molecule has 0 amide bonds. The summed E-state index contributed by atoms with van der Waals surface area (Å²) in [6.07, 6.45) is 0. The zero-order valence-electron chi connectivity index (χ0n) is 10.8. The number of benzene rings is 2. The van der Waals surface area contributed by atoms with E-state index in [2.05, 4.69) is 0 Å². The second-order valence-corrected chi connectivity index (χ2v) is 5.15. The van der Waals surface area contributed by atoms with Crippen LogP contribution in [0.15, 0.2) is 36.4 Å². The van der Waals surface area contributed by atoms with Gasteiger partial charge in [-0.2, -0.15) is 0 Å². The average Bonchev–Trinajstić information content (AvgIpc) is 2.43. The van der Waals surface area contributed by atoms with E-state index in [1.165, 1.54) is 0 Å². The predicted molar refractivity (Wildman–Crippen MR) is 81.2 cm³/mol. The van der Waals surface area contributed by atoms with Gasteiger partial charge in [0.05, 0.1) is 15.6 Å². The number of aryl methyl sites for hydroxylation is 1. The number of nitrogen functional groups attached to an aromatic ring is 1. The molecule has 20 heavy (non-hydrogen) atoms. The van der Waals surface area contributed by atoms with Crippen molar-refractivity contribution < 1.29 is 9.53 Å². The van der Waals surface area contributed by atoms with E-state index >= 15 is 0 Å². The summed E-state index contributed by atoms with van der Waals surface area (Å²) in [6.45, 7) is 1.90. The van der Waals surface area contributed by atoms with Crippen molar-refractivity contribution in [1.29, 1.82) is 0 Å². The number of halogens is 2. The summed E-state index contributed by atoms with van der Waals surface area (Å²) in [5.41, 5.74) is 8.30. The van der Waals surface area contributed by atoms with E-state index < -0.39 is 5.97 Å². The van der Waals surface area contributed by atoms with Gasteiger partial charge in [-0.15, -0.1) is 0 Å². The first kappa shape index (κ1) is 14.7. The molecule has 0 aliphatic carbocycles. The predicted octanol–water partition coefficient (Wildman–Crippen LogP) is 4.24. The molecule has 3 nitrogen and oxygen atoms in total. The molecule has 5 heteroatoms. The summed E-state index contributed by atoms with van der Waals surface area (Å²) in [5.74, 6) is -0.427. The molecule has 104 valence electrons. The SMILES string of the molecule is Cc1cc(C(=O)OCc2cccc(Cl)c2Cl)ccc1N. The van der Waals surface area contributed by atoms with Crippen LogP contribution in [-0.2, 0) is 11.3 Å². The highest BCUT2D eigenvalue weighted by Gasteiger charge is 2.11. The molecule has 0 saturated heterocycles. The van der Waals surface area contributed by atoms with Crippen molar-refractivity contribution in [3.63, 3.8) is 0 Å². The van der Waals surface area contributed by atoms with Crippen molar-refractivity contribution in [2.75, 3.05) is 5.73 Å². The third kappa shape index (κ3) is 3.24. The van der Waals surface area contributed by atoms with E-state index in [1.807, 2.05) is 6.92 Å². The molecule has 0 aromatic heterocycles. The number of nitrogens with two attached hydrogens (primary N) is 1. The van der Waals surface area contributed by atoms with Crippen LogP contribution in [0.1, 0.15) is 21.5 Å². The highest BCUT2D eigenvalue weighted by atomic mass is 35.5. The fourth-order valence-corrected chi connectivity index (χ4v) is 2.06. The van der Waals surface area contributed by atoms with Crippen molar-refractivity contribution in [3.8, 4) is 0 Å². The Balaban J connectivity index is 2.08. The van der Waals surface area contributed by atoms with Crippen molar-refractivity contribution in [2.24, 2.45) is 0 Å². The minimum atomic E-state index is -0.427. The smallest absolute Gasteiger partial charge is 0.338 e. The molecule has 0 saturated carbocycles. The van der Waals surface area contributed by atoms with Crippen LogP contribution in [0.4, 0.5) is 5.69 Å². The van der Waals surface area contributed by atoms with Crippen molar-refractivity contribution >= 4 is 34.9 Å². The number of rotatable bonds is 3. The van der Waals surface area contributed by atoms with Crippen LogP contribution in [0.2, 0.25) is 10.0 Å². The first-order valence-electron chi connectivity index (χ1n) is 5.95. The van der Waals surface area contributed by atoms with Crippen LogP contribution in [0.25, 0.3) is 0 Å². The Hall–Kier alpha value is -1.71. The molecule has 0 spiro atoms. The Labute approximate surface area is 127 Å². The second-order valence-electron chi connectivity index (χ2n) is 4.36. The van der Waals surface area contributed by atoms with Gasteiger partial charge in [0.1, 0.15) is 6.61 Å². The molecule has 2 aromatic rings. The lowest BCUT2D eigenvalue weighted by Gasteiger charge is -2.08. The topological polar surface area (TPSA) is 52.3 Å². The van der Waals surface area contributed by atoms with Crippen molar-refractivity contribution in [2.45, 2.75) is 13.5 Å². The van der Waals surface area contributed by atoms with Gasteiger partial charge in [0.15, 0.2) is 0 Å². The lowest BCUT2D eigenvalue weighted by atomic mass is 10.1. The lowest BCUT2D eigenvalue weighted by Crippen LogP contribution is -2.06. The number of carbonyl (C=O) groups excluding carboxylic acids is 1. The molecule has 0 atom stereocenters. The van der Waals surface area contributed by atoms with Gasteiger partial charge < -0.3 is 10.5 Å². The fourth-order valence-electron chi connectivity index (χ4n) is 1.69. The molecule has 0 aliphatic heterocycles. The molecule has 0 bridgehead atoms. The first-order valence-corrected chi connectivity index (χ1v) is 6.71.